The largest absolute Gasteiger partial charge is 0.478 e. The van der Waals surface area contributed by atoms with Gasteiger partial charge in [-0.05, 0) is 18.4 Å². The van der Waals surface area contributed by atoms with Gasteiger partial charge in [0.2, 0.25) is 0 Å². The number of ether oxygens (including phenoxy) is 1. The van der Waals surface area contributed by atoms with Crippen LogP contribution in [0.4, 0.5) is 10.5 Å². The van der Waals surface area contributed by atoms with Crippen molar-refractivity contribution in [3.05, 3.63) is 54.2 Å². The highest BCUT2D eigenvalue weighted by atomic mass is 16.5. The molecule has 1 N–H and O–H groups in total. The fourth-order valence-corrected chi connectivity index (χ4v) is 4.06. The molecule has 4 rings (SSSR count). The van der Waals surface area contributed by atoms with E-state index in [0.717, 1.165) is 19.4 Å². The van der Waals surface area contributed by atoms with Crippen LogP contribution in [0.5, 0.6) is 5.88 Å². The number of nitrogens with one attached hydrogen (secondary N) is 1. The molecule has 0 bridgehead atoms. The van der Waals surface area contributed by atoms with E-state index in [4.69, 9.17) is 4.74 Å². The van der Waals surface area contributed by atoms with Gasteiger partial charge in [-0.3, -0.25) is 4.68 Å². The number of allylic oxidation sites excluding steroid dienone is 2. The maximum absolute atomic E-state index is 12.9. The molecule has 2 amide bonds. The predicted molar refractivity (Wildman–Crippen MR) is 95.5 cm³/mol. The molecular formula is C19H22N4O2. The van der Waals surface area contributed by atoms with Crippen LogP contribution in [0.1, 0.15) is 24.4 Å². The summed E-state index contributed by atoms with van der Waals surface area (Å²) in [5.74, 6) is 0.421. The summed E-state index contributed by atoms with van der Waals surface area (Å²) in [6.45, 7) is 0.758. The molecule has 2 aromatic rings. The molecule has 130 valence electrons. The van der Waals surface area contributed by atoms with Crippen molar-refractivity contribution >= 4 is 11.7 Å². The summed E-state index contributed by atoms with van der Waals surface area (Å²) in [5, 5.41) is 7.13. The van der Waals surface area contributed by atoms with Crippen molar-refractivity contribution in [2.45, 2.75) is 18.9 Å². The standard InChI is InChI=1S/C19H22N4O2/c1-22-12-15(17(21-22)25-2)20-18(24)23-13-19(10-6-7-11-19)16(23)14-8-4-3-5-9-14/h3-9,12,16H,10-11,13H2,1-2H3,(H,20,24). The first-order chi connectivity index (χ1) is 12.1. The molecule has 0 radical (unpaired) electrons. The number of rotatable bonds is 3. The number of amides is 2. The second-order valence-electron chi connectivity index (χ2n) is 6.84. The number of urea groups is 1. The summed E-state index contributed by atoms with van der Waals surface area (Å²) in [5.41, 5.74) is 1.91. The second-order valence-corrected chi connectivity index (χ2v) is 6.84. The van der Waals surface area contributed by atoms with Crippen LogP contribution in [0.25, 0.3) is 0 Å². The predicted octanol–water partition coefficient (Wildman–Crippen LogP) is 3.35. The maximum Gasteiger partial charge on any atom is 0.322 e. The van der Waals surface area contributed by atoms with Gasteiger partial charge in [-0.1, -0.05) is 42.5 Å². The molecule has 1 fully saturated rings. The molecule has 25 heavy (non-hydrogen) atoms. The van der Waals surface area contributed by atoms with Crippen molar-refractivity contribution in [3.8, 4) is 5.88 Å². The van der Waals surface area contributed by atoms with Gasteiger partial charge < -0.3 is 15.0 Å². The first-order valence-electron chi connectivity index (χ1n) is 8.48. The topological polar surface area (TPSA) is 59.4 Å². The van der Waals surface area contributed by atoms with Gasteiger partial charge in [0.25, 0.3) is 5.88 Å². The number of methoxy groups -OCH3 is 1. The van der Waals surface area contributed by atoms with E-state index in [2.05, 4.69) is 34.7 Å². The summed E-state index contributed by atoms with van der Waals surface area (Å²) < 4.78 is 6.85. The summed E-state index contributed by atoms with van der Waals surface area (Å²) in [6, 6.07) is 10.3. The van der Waals surface area contributed by atoms with Gasteiger partial charge in [0, 0.05) is 19.0 Å². The number of aryl methyl sites for hydroxylation is 1. The van der Waals surface area contributed by atoms with Crippen molar-refractivity contribution in [2.24, 2.45) is 12.5 Å². The van der Waals surface area contributed by atoms with Crippen molar-refractivity contribution in [3.63, 3.8) is 0 Å². The van der Waals surface area contributed by atoms with E-state index < -0.39 is 0 Å². The Balaban J connectivity index is 1.58. The molecule has 1 atom stereocenters. The molecule has 6 nitrogen and oxygen atoms in total. The van der Waals surface area contributed by atoms with Crippen LogP contribution in [-0.2, 0) is 7.05 Å². The highest BCUT2D eigenvalue weighted by molar-refractivity contribution is 5.91. The smallest absolute Gasteiger partial charge is 0.322 e. The van der Waals surface area contributed by atoms with Gasteiger partial charge in [-0.2, -0.15) is 0 Å². The minimum Gasteiger partial charge on any atom is -0.478 e. The summed E-state index contributed by atoms with van der Waals surface area (Å²) >= 11 is 0. The van der Waals surface area contributed by atoms with Gasteiger partial charge in [0.05, 0.1) is 19.3 Å². The van der Waals surface area contributed by atoms with Crippen molar-refractivity contribution in [2.75, 3.05) is 19.0 Å². The molecule has 1 unspecified atom stereocenters. The van der Waals surface area contributed by atoms with Crippen LogP contribution >= 0.6 is 0 Å². The molecule has 6 heteroatoms. The quantitative estimate of drug-likeness (QED) is 0.873. The van der Waals surface area contributed by atoms with Gasteiger partial charge >= 0.3 is 6.03 Å². The molecule has 1 aliphatic carbocycles. The summed E-state index contributed by atoms with van der Waals surface area (Å²) in [4.78, 5) is 14.8. The molecule has 2 aliphatic rings. The second kappa shape index (κ2) is 5.95. The molecule has 1 spiro atoms. The minimum absolute atomic E-state index is 0.0892. The van der Waals surface area contributed by atoms with Gasteiger partial charge in [-0.15, -0.1) is 5.10 Å². The molecule has 1 aromatic heterocycles. The third-order valence-corrected chi connectivity index (χ3v) is 5.20. The number of likely N-dealkylation sites (tertiary alicyclic amines) is 1. The Morgan fingerprint density at radius 1 is 1.28 bits per heavy atom. The first-order valence-corrected chi connectivity index (χ1v) is 8.48. The van der Waals surface area contributed by atoms with Gasteiger partial charge in [0.1, 0.15) is 5.69 Å². The molecule has 0 saturated carbocycles. The zero-order valence-corrected chi connectivity index (χ0v) is 14.5. The average Bonchev–Trinajstić information content (AvgIpc) is 3.21. The molecule has 1 aliphatic heterocycles. The Bertz CT molecular complexity index is 804. The first kappa shape index (κ1) is 15.7. The lowest BCUT2D eigenvalue weighted by Crippen LogP contribution is -2.60. The van der Waals surface area contributed by atoms with E-state index in [-0.39, 0.29) is 17.5 Å². The normalized spacial score (nSPS) is 20.6. The Labute approximate surface area is 147 Å². The van der Waals surface area contributed by atoms with Crippen molar-refractivity contribution in [1.29, 1.82) is 0 Å². The van der Waals surface area contributed by atoms with E-state index in [1.165, 1.54) is 5.56 Å². The number of aromatic nitrogens is 2. The number of anilines is 1. The van der Waals surface area contributed by atoms with Gasteiger partial charge in [-0.25, -0.2) is 4.79 Å². The summed E-state index contributed by atoms with van der Waals surface area (Å²) in [7, 11) is 3.35. The Kier molecular flexibility index (Phi) is 3.75. The number of carbonyl (C=O) groups excluding carboxylic acids is 1. The number of carbonyl (C=O) groups is 1. The Hall–Kier alpha value is -2.76. The van der Waals surface area contributed by atoms with E-state index in [1.807, 2.05) is 23.1 Å². The number of benzene rings is 1. The molecular weight excluding hydrogens is 316 g/mol. The lowest BCUT2D eigenvalue weighted by atomic mass is 9.67. The molecule has 1 saturated heterocycles. The van der Waals surface area contributed by atoms with Crippen LogP contribution in [0.3, 0.4) is 0 Å². The van der Waals surface area contributed by atoms with Crippen LogP contribution in [0, 0.1) is 5.41 Å². The zero-order valence-electron chi connectivity index (χ0n) is 14.5. The molecule has 2 heterocycles. The zero-order chi connectivity index (χ0) is 17.4. The fourth-order valence-electron chi connectivity index (χ4n) is 4.06. The minimum atomic E-state index is -0.113. The molecule has 1 aromatic carbocycles. The van der Waals surface area contributed by atoms with Crippen molar-refractivity contribution in [1.82, 2.24) is 14.7 Å². The lowest BCUT2D eigenvalue weighted by Gasteiger charge is -2.56. The SMILES string of the molecule is COc1nn(C)cc1NC(=O)N1CC2(CC=CC2)C1c1ccccc1. The van der Waals surface area contributed by atoms with Gasteiger partial charge in [0.15, 0.2) is 0 Å². The lowest BCUT2D eigenvalue weighted by molar-refractivity contribution is -0.0308. The Morgan fingerprint density at radius 2 is 2.00 bits per heavy atom. The van der Waals surface area contributed by atoms with E-state index in [1.54, 1.807) is 25.0 Å². The third-order valence-electron chi connectivity index (χ3n) is 5.20. The van der Waals surface area contributed by atoms with Crippen LogP contribution in [-0.4, -0.2) is 34.4 Å². The van der Waals surface area contributed by atoms with E-state index in [9.17, 15) is 4.79 Å². The van der Waals surface area contributed by atoms with Crippen molar-refractivity contribution < 1.29 is 9.53 Å². The Morgan fingerprint density at radius 3 is 2.68 bits per heavy atom. The number of hydrogen-bond acceptors (Lipinski definition) is 3. The highest BCUT2D eigenvalue weighted by Gasteiger charge is 2.54. The number of nitrogens with zero attached hydrogens (tertiary/aromatic N) is 3. The number of hydrogen-bond donors (Lipinski definition) is 1. The van der Waals surface area contributed by atoms with Crippen LogP contribution in [0.2, 0.25) is 0 Å². The van der Waals surface area contributed by atoms with E-state index in [0.29, 0.717) is 11.6 Å². The van der Waals surface area contributed by atoms with E-state index >= 15 is 0 Å². The monoisotopic (exact) mass is 338 g/mol. The third kappa shape index (κ3) is 2.58. The fraction of sp³-hybridized carbons (Fsp3) is 0.368. The van der Waals surface area contributed by atoms with Crippen LogP contribution < -0.4 is 10.1 Å². The van der Waals surface area contributed by atoms with Crippen LogP contribution in [0.15, 0.2) is 48.7 Å². The highest BCUT2D eigenvalue weighted by Crippen LogP contribution is 2.56. The average molecular weight is 338 g/mol. The summed E-state index contributed by atoms with van der Waals surface area (Å²) in [6.07, 6.45) is 8.25. The maximum atomic E-state index is 12.9.